The SMILES string of the molecule is CN(C)[C@H]1CN(Cc2ccc(OCC(=O)O)cc2)C[C@@H]1O. The summed E-state index contributed by atoms with van der Waals surface area (Å²) >= 11 is 0. The number of carbonyl (C=O) groups is 1. The minimum Gasteiger partial charge on any atom is -0.482 e. The van der Waals surface area contributed by atoms with Gasteiger partial charge in [0.2, 0.25) is 0 Å². The number of nitrogens with zero attached hydrogens (tertiary/aromatic N) is 2. The molecule has 1 heterocycles. The summed E-state index contributed by atoms with van der Waals surface area (Å²) in [5.74, 6) is -0.436. The van der Waals surface area contributed by atoms with E-state index < -0.39 is 5.97 Å². The van der Waals surface area contributed by atoms with E-state index in [1.54, 1.807) is 12.1 Å². The highest BCUT2D eigenvalue weighted by Crippen LogP contribution is 2.19. The normalized spacial score (nSPS) is 22.7. The third-order valence-electron chi connectivity index (χ3n) is 3.69. The molecule has 0 unspecified atom stereocenters. The fourth-order valence-electron chi connectivity index (χ4n) is 2.58. The molecule has 6 nitrogen and oxygen atoms in total. The molecule has 21 heavy (non-hydrogen) atoms. The van der Waals surface area contributed by atoms with Crippen LogP contribution in [0.5, 0.6) is 5.75 Å². The molecule has 1 saturated heterocycles. The van der Waals surface area contributed by atoms with Crippen molar-refractivity contribution in [3.8, 4) is 5.75 Å². The van der Waals surface area contributed by atoms with Gasteiger partial charge in [-0.15, -0.1) is 0 Å². The van der Waals surface area contributed by atoms with Crippen molar-refractivity contribution in [1.29, 1.82) is 0 Å². The van der Waals surface area contributed by atoms with Crippen LogP contribution in [0.25, 0.3) is 0 Å². The van der Waals surface area contributed by atoms with Crippen molar-refractivity contribution in [1.82, 2.24) is 9.80 Å². The van der Waals surface area contributed by atoms with Gasteiger partial charge in [0.05, 0.1) is 6.10 Å². The topological polar surface area (TPSA) is 73.2 Å². The number of aliphatic hydroxyl groups is 1. The highest BCUT2D eigenvalue weighted by Gasteiger charge is 2.32. The summed E-state index contributed by atoms with van der Waals surface area (Å²) in [5.41, 5.74) is 1.12. The summed E-state index contributed by atoms with van der Waals surface area (Å²) in [6.45, 7) is 1.94. The number of carboxylic acids is 1. The van der Waals surface area contributed by atoms with Crippen molar-refractivity contribution in [2.45, 2.75) is 18.7 Å². The molecular formula is C15H22N2O4. The van der Waals surface area contributed by atoms with E-state index in [2.05, 4.69) is 4.90 Å². The molecule has 2 atom stereocenters. The highest BCUT2D eigenvalue weighted by molar-refractivity contribution is 5.68. The van der Waals surface area contributed by atoms with Gasteiger partial charge in [0.1, 0.15) is 5.75 Å². The molecule has 1 aliphatic heterocycles. The molecule has 1 aromatic carbocycles. The number of carboxylic acid groups (broad SMARTS) is 1. The predicted octanol–water partition coefficient (Wildman–Crippen LogP) is 0.257. The first kappa shape index (κ1) is 15.8. The Kier molecular flexibility index (Phi) is 5.17. The summed E-state index contributed by atoms with van der Waals surface area (Å²) in [4.78, 5) is 14.7. The first-order valence-electron chi connectivity index (χ1n) is 6.96. The van der Waals surface area contributed by atoms with Crippen molar-refractivity contribution in [3.05, 3.63) is 29.8 Å². The van der Waals surface area contributed by atoms with Gasteiger partial charge in [0, 0.05) is 25.7 Å². The Balaban J connectivity index is 1.88. The first-order valence-corrected chi connectivity index (χ1v) is 6.96. The van der Waals surface area contributed by atoms with Gasteiger partial charge in [0.25, 0.3) is 0 Å². The number of β-amino-alcohol motifs (C(OH)–C–C–N with tert-alkyl or cyclic N) is 1. The van der Waals surface area contributed by atoms with Crippen LogP contribution in [0.2, 0.25) is 0 Å². The molecule has 0 amide bonds. The Bertz CT molecular complexity index is 475. The number of aliphatic carboxylic acids is 1. The lowest BCUT2D eigenvalue weighted by Gasteiger charge is -2.21. The Morgan fingerprint density at radius 3 is 2.52 bits per heavy atom. The number of rotatable bonds is 6. The zero-order chi connectivity index (χ0) is 15.4. The van der Waals surface area contributed by atoms with Crippen LogP contribution in [0.1, 0.15) is 5.56 Å². The van der Waals surface area contributed by atoms with Crippen LogP contribution < -0.4 is 4.74 Å². The fraction of sp³-hybridized carbons (Fsp3) is 0.533. The average Bonchev–Trinajstić information content (AvgIpc) is 2.79. The molecule has 0 radical (unpaired) electrons. The number of hydrogen-bond acceptors (Lipinski definition) is 5. The van der Waals surface area contributed by atoms with E-state index in [9.17, 15) is 9.90 Å². The summed E-state index contributed by atoms with van der Waals surface area (Å²) in [6, 6.07) is 7.56. The van der Waals surface area contributed by atoms with Crippen molar-refractivity contribution >= 4 is 5.97 Å². The van der Waals surface area contributed by atoms with Crippen LogP contribution >= 0.6 is 0 Å². The maximum atomic E-state index is 10.4. The largest absolute Gasteiger partial charge is 0.482 e. The van der Waals surface area contributed by atoms with E-state index in [0.717, 1.165) is 18.7 Å². The molecule has 1 fully saturated rings. The smallest absolute Gasteiger partial charge is 0.341 e. The van der Waals surface area contributed by atoms with Crippen LogP contribution in [0.4, 0.5) is 0 Å². The average molecular weight is 294 g/mol. The number of likely N-dealkylation sites (tertiary alicyclic amines) is 1. The summed E-state index contributed by atoms with van der Waals surface area (Å²) < 4.78 is 5.10. The zero-order valence-electron chi connectivity index (χ0n) is 12.4. The van der Waals surface area contributed by atoms with E-state index in [-0.39, 0.29) is 18.8 Å². The third kappa shape index (κ3) is 4.42. The second-order valence-corrected chi connectivity index (χ2v) is 5.62. The van der Waals surface area contributed by atoms with Gasteiger partial charge in [0.15, 0.2) is 6.61 Å². The van der Waals surface area contributed by atoms with Crippen LogP contribution in [0.15, 0.2) is 24.3 Å². The van der Waals surface area contributed by atoms with Gasteiger partial charge in [-0.25, -0.2) is 4.79 Å². The Morgan fingerprint density at radius 1 is 1.33 bits per heavy atom. The van der Waals surface area contributed by atoms with Crippen LogP contribution in [-0.4, -0.2) is 71.9 Å². The van der Waals surface area contributed by atoms with Gasteiger partial charge in [-0.1, -0.05) is 12.1 Å². The van der Waals surface area contributed by atoms with Gasteiger partial charge < -0.3 is 19.8 Å². The van der Waals surface area contributed by atoms with E-state index in [0.29, 0.717) is 12.3 Å². The molecule has 2 rings (SSSR count). The van der Waals surface area contributed by atoms with Gasteiger partial charge in [-0.2, -0.15) is 0 Å². The molecular weight excluding hydrogens is 272 g/mol. The van der Waals surface area contributed by atoms with Crippen LogP contribution in [0, 0.1) is 0 Å². The van der Waals surface area contributed by atoms with Crippen molar-refractivity contribution in [3.63, 3.8) is 0 Å². The number of ether oxygens (including phenoxy) is 1. The maximum absolute atomic E-state index is 10.4. The summed E-state index contributed by atoms with van der Waals surface area (Å²) in [6.07, 6.45) is -0.321. The fourth-order valence-corrected chi connectivity index (χ4v) is 2.58. The Morgan fingerprint density at radius 2 is 2.00 bits per heavy atom. The third-order valence-corrected chi connectivity index (χ3v) is 3.69. The molecule has 116 valence electrons. The molecule has 0 spiro atoms. The van der Waals surface area contributed by atoms with E-state index in [1.807, 2.05) is 31.1 Å². The molecule has 6 heteroatoms. The number of likely N-dealkylation sites (N-methyl/N-ethyl adjacent to an activating group) is 1. The monoisotopic (exact) mass is 294 g/mol. The molecule has 0 aromatic heterocycles. The minimum absolute atomic E-state index is 0.170. The lowest BCUT2D eigenvalue weighted by molar-refractivity contribution is -0.139. The number of hydrogen-bond donors (Lipinski definition) is 2. The van der Waals surface area contributed by atoms with Crippen molar-refractivity contribution in [2.75, 3.05) is 33.8 Å². The number of benzene rings is 1. The maximum Gasteiger partial charge on any atom is 0.341 e. The lowest BCUT2D eigenvalue weighted by Crippen LogP contribution is -2.37. The number of aliphatic hydroxyl groups excluding tert-OH is 1. The Labute approximate surface area is 124 Å². The summed E-state index contributed by atoms with van der Waals surface area (Å²) in [5, 5.41) is 18.6. The lowest BCUT2D eigenvalue weighted by atomic mass is 10.2. The first-order chi connectivity index (χ1) is 9.95. The van der Waals surface area contributed by atoms with Crippen molar-refractivity contribution in [2.24, 2.45) is 0 Å². The standard InChI is InChI=1S/C15H22N2O4/c1-16(2)13-8-17(9-14(13)18)7-11-3-5-12(6-4-11)21-10-15(19)20/h3-6,13-14,18H,7-10H2,1-2H3,(H,19,20)/t13-,14-/m0/s1. The van der Waals surface area contributed by atoms with E-state index >= 15 is 0 Å². The van der Waals surface area contributed by atoms with Gasteiger partial charge >= 0.3 is 5.97 Å². The Hall–Kier alpha value is -1.63. The van der Waals surface area contributed by atoms with Gasteiger partial charge in [-0.05, 0) is 31.8 Å². The predicted molar refractivity (Wildman–Crippen MR) is 78.3 cm³/mol. The van der Waals surface area contributed by atoms with Crippen LogP contribution in [-0.2, 0) is 11.3 Å². The molecule has 0 saturated carbocycles. The summed E-state index contributed by atoms with van der Waals surface area (Å²) in [7, 11) is 3.96. The van der Waals surface area contributed by atoms with E-state index in [4.69, 9.17) is 9.84 Å². The molecule has 1 aromatic rings. The molecule has 2 N–H and O–H groups in total. The minimum atomic E-state index is -0.986. The second-order valence-electron chi connectivity index (χ2n) is 5.62. The second kappa shape index (κ2) is 6.89. The molecule has 0 bridgehead atoms. The molecule has 0 aliphatic carbocycles. The molecule has 1 aliphatic rings. The van der Waals surface area contributed by atoms with E-state index in [1.165, 1.54) is 0 Å². The zero-order valence-corrected chi connectivity index (χ0v) is 12.4. The quantitative estimate of drug-likeness (QED) is 0.784. The van der Waals surface area contributed by atoms with Crippen LogP contribution in [0.3, 0.4) is 0 Å². The van der Waals surface area contributed by atoms with Crippen molar-refractivity contribution < 1.29 is 19.7 Å². The highest BCUT2D eigenvalue weighted by atomic mass is 16.5. The van der Waals surface area contributed by atoms with Gasteiger partial charge in [-0.3, -0.25) is 4.90 Å².